The molecule has 0 aliphatic carbocycles. The number of rotatable bonds is 6. The lowest BCUT2D eigenvalue weighted by Gasteiger charge is -2.22. The van der Waals surface area contributed by atoms with Gasteiger partial charge in [0, 0.05) is 18.5 Å². The Morgan fingerprint density at radius 3 is 2.60 bits per heavy atom. The van der Waals surface area contributed by atoms with Gasteiger partial charge in [-0.2, -0.15) is 0 Å². The van der Waals surface area contributed by atoms with Gasteiger partial charge in [-0.25, -0.2) is 4.79 Å². The Labute approximate surface area is 148 Å². The van der Waals surface area contributed by atoms with Crippen LogP contribution in [0.2, 0.25) is 0 Å². The highest BCUT2D eigenvalue weighted by Gasteiger charge is 2.18. The molecule has 1 heterocycles. The maximum atomic E-state index is 12.1. The first-order chi connectivity index (χ1) is 11.8. The Bertz CT molecular complexity index is 690. The lowest BCUT2D eigenvalue weighted by molar-refractivity contribution is 0.0636. The Morgan fingerprint density at radius 2 is 2.00 bits per heavy atom. The summed E-state index contributed by atoms with van der Waals surface area (Å²) in [6.45, 7) is 7.51. The highest BCUT2D eigenvalue weighted by Crippen LogP contribution is 2.28. The van der Waals surface area contributed by atoms with Gasteiger partial charge < -0.3 is 19.2 Å². The van der Waals surface area contributed by atoms with Crippen molar-refractivity contribution in [3.8, 4) is 5.75 Å². The predicted molar refractivity (Wildman–Crippen MR) is 98.3 cm³/mol. The fraction of sp³-hybridized carbons (Fsp3) is 0.421. The molecular formula is C19H26N2O4. The SMILES string of the molecule is COc1ccc(NC(=O)OC(C)(C)C)c(NC(C)Cc2ccco2)c1. The van der Waals surface area contributed by atoms with Crippen LogP contribution in [0.25, 0.3) is 0 Å². The molecule has 0 spiro atoms. The molecule has 1 aromatic carbocycles. The summed E-state index contributed by atoms with van der Waals surface area (Å²) in [5.41, 5.74) is 0.821. The zero-order valence-electron chi connectivity index (χ0n) is 15.4. The molecule has 6 heteroatoms. The van der Waals surface area contributed by atoms with Gasteiger partial charge in [0.15, 0.2) is 0 Å². The zero-order chi connectivity index (χ0) is 18.4. The molecule has 0 radical (unpaired) electrons. The second-order valence-corrected chi connectivity index (χ2v) is 6.87. The van der Waals surface area contributed by atoms with Crippen molar-refractivity contribution >= 4 is 17.5 Å². The Morgan fingerprint density at radius 1 is 1.24 bits per heavy atom. The van der Waals surface area contributed by atoms with Crippen LogP contribution in [0.15, 0.2) is 41.0 Å². The first-order valence-corrected chi connectivity index (χ1v) is 8.24. The van der Waals surface area contributed by atoms with E-state index in [9.17, 15) is 4.79 Å². The summed E-state index contributed by atoms with van der Waals surface area (Å²) >= 11 is 0. The van der Waals surface area contributed by atoms with Gasteiger partial charge >= 0.3 is 6.09 Å². The number of anilines is 2. The van der Waals surface area contributed by atoms with Crippen LogP contribution in [0.1, 0.15) is 33.5 Å². The maximum Gasteiger partial charge on any atom is 0.412 e. The zero-order valence-corrected chi connectivity index (χ0v) is 15.4. The summed E-state index contributed by atoms with van der Waals surface area (Å²) in [6.07, 6.45) is 1.87. The Kier molecular flexibility index (Phi) is 5.96. The molecule has 0 fully saturated rings. The van der Waals surface area contributed by atoms with E-state index in [0.717, 1.165) is 17.9 Å². The predicted octanol–water partition coefficient (Wildman–Crippen LogP) is 4.68. The maximum absolute atomic E-state index is 12.1. The largest absolute Gasteiger partial charge is 0.497 e. The van der Waals surface area contributed by atoms with Crippen molar-refractivity contribution < 1.29 is 18.7 Å². The summed E-state index contributed by atoms with van der Waals surface area (Å²) in [4.78, 5) is 12.1. The molecule has 0 bridgehead atoms. The highest BCUT2D eigenvalue weighted by atomic mass is 16.6. The van der Waals surface area contributed by atoms with Crippen molar-refractivity contribution in [2.24, 2.45) is 0 Å². The molecule has 2 rings (SSSR count). The number of ether oxygens (including phenoxy) is 2. The van der Waals surface area contributed by atoms with Crippen molar-refractivity contribution in [2.75, 3.05) is 17.7 Å². The van der Waals surface area contributed by atoms with Crippen LogP contribution in [-0.4, -0.2) is 24.8 Å². The van der Waals surface area contributed by atoms with E-state index in [4.69, 9.17) is 13.9 Å². The van der Waals surface area contributed by atoms with Gasteiger partial charge in [0.2, 0.25) is 0 Å². The van der Waals surface area contributed by atoms with Crippen molar-refractivity contribution in [3.05, 3.63) is 42.4 Å². The number of methoxy groups -OCH3 is 1. The fourth-order valence-electron chi connectivity index (χ4n) is 2.34. The first-order valence-electron chi connectivity index (χ1n) is 8.24. The molecule has 0 saturated carbocycles. The number of nitrogens with one attached hydrogen (secondary N) is 2. The Balaban J connectivity index is 2.12. The third kappa shape index (κ3) is 6.06. The molecule has 1 atom stereocenters. The van der Waals surface area contributed by atoms with Gasteiger partial charge in [-0.3, -0.25) is 5.32 Å². The van der Waals surface area contributed by atoms with Crippen molar-refractivity contribution in [2.45, 2.75) is 45.8 Å². The van der Waals surface area contributed by atoms with Crippen molar-refractivity contribution in [3.63, 3.8) is 0 Å². The molecule has 0 saturated heterocycles. The minimum atomic E-state index is -0.559. The molecule has 136 valence electrons. The summed E-state index contributed by atoms with van der Waals surface area (Å²) in [5.74, 6) is 1.59. The molecule has 6 nitrogen and oxygen atoms in total. The molecular weight excluding hydrogens is 320 g/mol. The number of furan rings is 1. The number of carbonyl (C=O) groups is 1. The third-order valence-corrected chi connectivity index (χ3v) is 3.35. The van der Waals surface area contributed by atoms with Crippen LogP contribution in [0, 0.1) is 0 Å². The lowest BCUT2D eigenvalue weighted by atomic mass is 10.1. The van der Waals surface area contributed by atoms with Gasteiger partial charge in [-0.15, -0.1) is 0 Å². The summed E-state index contributed by atoms with van der Waals surface area (Å²) in [5, 5.41) is 6.16. The van der Waals surface area contributed by atoms with Crippen LogP contribution in [-0.2, 0) is 11.2 Å². The fourth-order valence-corrected chi connectivity index (χ4v) is 2.34. The van der Waals surface area contributed by atoms with E-state index < -0.39 is 11.7 Å². The van der Waals surface area contributed by atoms with E-state index in [1.807, 2.05) is 45.9 Å². The second kappa shape index (κ2) is 7.96. The standard InChI is InChI=1S/C19H26N2O4/c1-13(11-15-7-6-10-24-15)20-17-12-14(23-5)8-9-16(17)21-18(22)25-19(2,3)4/h6-10,12-13,20H,11H2,1-5H3,(H,21,22). The van der Waals surface area contributed by atoms with Crippen LogP contribution in [0.3, 0.4) is 0 Å². The van der Waals surface area contributed by atoms with Gasteiger partial charge in [0.25, 0.3) is 0 Å². The van der Waals surface area contributed by atoms with Crippen molar-refractivity contribution in [1.29, 1.82) is 0 Å². The first kappa shape index (κ1) is 18.7. The van der Waals surface area contributed by atoms with Gasteiger partial charge in [-0.05, 0) is 52.0 Å². The molecule has 25 heavy (non-hydrogen) atoms. The van der Waals surface area contributed by atoms with Crippen LogP contribution < -0.4 is 15.4 Å². The monoisotopic (exact) mass is 346 g/mol. The molecule has 2 aromatic rings. The minimum Gasteiger partial charge on any atom is -0.497 e. The quantitative estimate of drug-likeness (QED) is 0.794. The summed E-state index contributed by atoms with van der Waals surface area (Å²) in [6, 6.07) is 9.30. The average molecular weight is 346 g/mol. The smallest absolute Gasteiger partial charge is 0.412 e. The van der Waals surface area contributed by atoms with Gasteiger partial charge in [0.05, 0.1) is 24.7 Å². The highest BCUT2D eigenvalue weighted by molar-refractivity contribution is 5.90. The van der Waals surface area contributed by atoms with E-state index >= 15 is 0 Å². The molecule has 0 aliphatic heterocycles. The van der Waals surface area contributed by atoms with Gasteiger partial charge in [-0.1, -0.05) is 0 Å². The molecule has 1 unspecified atom stereocenters. The lowest BCUT2D eigenvalue weighted by Crippen LogP contribution is -2.28. The van der Waals surface area contributed by atoms with E-state index in [2.05, 4.69) is 10.6 Å². The number of amides is 1. The number of carbonyl (C=O) groups excluding carboxylic acids is 1. The Hall–Kier alpha value is -2.63. The third-order valence-electron chi connectivity index (χ3n) is 3.35. The second-order valence-electron chi connectivity index (χ2n) is 6.87. The molecule has 1 aromatic heterocycles. The van der Waals surface area contributed by atoms with E-state index in [1.165, 1.54) is 0 Å². The van der Waals surface area contributed by atoms with E-state index in [-0.39, 0.29) is 6.04 Å². The molecule has 1 amide bonds. The van der Waals surface area contributed by atoms with Crippen LogP contribution in [0.4, 0.5) is 16.2 Å². The molecule has 0 aliphatic rings. The average Bonchev–Trinajstić information content (AvgIpc) is 2.99. The van der Waals surface area contributed by atoms with Crippen molar-refractivity contribution in [1.82, 2.24) is 0 Å². The van der Waals surface area contributed by atoms with Crippen LogP contribution in [0.5, 0.6) is 5.75 Å². The number of benzene rings is 1. The number of hydrogen-bond donors (Lipinski definition) is 2. The summed E-state index contributed by atoms with van der Waals surface area (Å²) in [7, 11) is 1.60. The topological polar surface area (TPSA) is 72.7 Å². The molecule has 2 N–H and O–H groups in total. The minimum absolute atomic E-state index is 0.0949. The van der Waals surface area contributed by atoms with Gasteiger partial charge in [0.1, 0.15) is 17.1 Å². The van der Waals surface area contributed by atoms with E-state index in [0.29, 0.717) is 11.4 Å². The summed E-state index contributed by atoms with van der Waals surface area (Å²) < 4.78 is 16.0. The van der Waals surface area contributed by atoms with Crippen LogP contribution >= 0.6 is 0 Å². The normalized spacial score (nSPS) is 12.4. The number of hydrogen-bond acceptors (Lipinski definition) is 5. The van der Waals surface area contributed by atoms with E-state index in [1.54, 1.807) is 25.5 Å².